The van der Waals surface area contributed by atoms with Gasteiger partial charge in [-0.05, 0) is 38.0 Å². The molecule has 5 nitrogen and oxygen atoms in total. The molecule has 2 aromatic rings. The number of nitrogens with zero attached hydrogens (tertiary/aromatic N) is 2. The number of allylic oxidation sites excluding steroid dienone is 5. The van der Waals surface area contributed by atoms with Crippen LogP contribution in [-0.4, -0.2) is 35.2 Å². The highest BCUT2D eigenvalue weighted by Gasteiger charge is 2.43. The molecule has 0 bridgehead atoms. The van der Waals surface area contributed by atoms with E-state index >= 15 is 0 Å². The Morgan fingerprint density at radius 2 is 1.95 bits per heavy atom. The number of carbonyl (C=O) groups excluding carboxylic acids is 1. The van der Waals surface area contributed by atoms with E-state index in [9.17, 15) is 14.0 Å². The van der Waals surface area contributed by atoms with Gasteiger partial charge in [0, 0.05) is 30.1 Å². The van der Waals surface area contributed by atoms with Gasteiger partial charge >= 0.3 is 5.91 Å². The molecule has 0 spiro atoms. The van der Waals surface area contributed by atoms with Crippen LogP contribution in [0, 0.1) is 5.82 Å². The third kappa shape index (κ3) is 6.08. The lowest BCUT2D eigenvalue weighted by Crippen LogP contribution is -2.55. The summed E-state index contributed by atoms with van der Waals surface area (Å²) >= 11 is 0. The largest absolute Gasteiger partial charge is 0.483 e. The molecule has 3 rings (SSSR count). The molecule has 0 fully saturated rings. The molecule has 1 aliphatic heterocycles. The highest BCUT2D eigenvalue weighted by molar-refractivity contribution is 5.91. The van der Waals surface area contributed by atoms with Crippen molar-refractivity contribution in [1.82, 2.24) is 4.57 Å². The molecule has 0 saturated carbocycles. The van der Waals surface area contributed by atoms with Crippen molar-refractivity contribution in [2.45, 2.75) is 52.6 Å². The van der Waals surface area contributed by atoms with Gasteiger partial charge in [0.1, 0.15) is 24.5 Å². The van der Waals surface area contributed by atoms with Crippen LogP contribution in [0.5, 0.6) is 5.75 Å². The van der Waals surface area contributed by atoms with Crippen molar-refractivity contribution < 1.29 is 18.4 Å². The SMILES string of the molecule is C=CCCn1c2c(c(=O)c(OCC(C)=CC=CC)c1C(C)C=C)C(=O)[N+](C)(Cc1ccc(F)cc1)CC2. The van der Waals surface area contributed by atoms with E-state index in [-0.39, 0.29) is 45.5 Å². The molecule has 2 heterocycles. The van der Waals surface area contributed by atoms with Crippen molar-refractivity contribution in [3.05, 3.63) is 112 Å². The quantitative estimate of drug-likeness (QED) is 0.211. The molecule has 2 atom stereocenters. The second-order valence-corrected chi connectivity index (χ2v) is 9.91. The maximum absolute atomic E-state index is 14.0. The predicted molar refractivity (Wildman–Crippen MR) is 147 cm³/mol. The number of carbonyl (C=O) groups is 1. The minimum absolute atomic E-state index is 0.0331. The maximum Gasteiger partial charge on any atom is 0.351 e. The van der Waals surface area contributed by atoms with Crippen LogP contribution >= 0.6 is 0 Å². The number of hydrogen-bond acceptors (Lipinski definition) is 3. The molecule has 1 amide bonds. The van der Waals surface area contributed by atoms with Gasteiger partial charge in [0.2, 0.25) is 5.43 Å². The van der Waals surface area contributed by atoms with Gasteiger partial charge in [-0.3, -0.25) is 9.28 Å². The molecule has 37 heavy (non-hydrogen) atoms. The van der Waals surface area contributed by atoms with Crippen molar-refractivity contribution in [2.75, 3.05) is 20.2 Å². The van der Waals surface area contributed by atoms with E-state index in [2.05, 4.69) is 17.7 Å². The summed E-state index contributed by atoms with van der Waals surface area (Å²) in [6, 6.07) is 6.16. The van der Waals surface area contributed by atoms with Gasteiger partial charge in [-0.1, -0.05) is 49.4 Å². The molecule has 2 unspecified atom stereocenters. The number of likely N-dealkylation sites (N-methyl/N-ethyl adjacent to an activating group) is 1. The summed E-state index contributed by atoms with van der Waals surface area (Å²) in [7, 11) is 1.84. The molecular formula is C31H38FN2O3+. The zero-order valence-corrected chi connectivity index (χ0v) is 22.4. The first-order valence-corrected chi connectivity index (χ1v) is 12.7. The Kier molecular flexibility index (Phi) is 9.22. The fourth-order valence-corrected chi connectivity index (χ4v) is 4.79. The molecule has 1 aromatic carbocycles. The number of quaternary nitrogens is 1. The van der Waals surface area contributed by atoms with Crippen LogP contribution < -0.4 is 10.2 Å². The smallest absolute Gasteiger partial charge is 0.351 e. The summed E-state index contributed by atoms with van der Waals surface area (Å²) < 4.78 is 21.7. The second-order valence-electron chi connectivity index (χ2n) is 9.91. The van der Waals surface area contributed by atoms with E-state index in [4.69, 9.17) is 4.74 Å². The number of ether oxygens (including phenoxy) is 1. The number of fused-ring (bicyclic) bond motifs is 1. The van der Waals surface area contributed by atoms with Crippen molar-refractivity contribution in [2.24, 2.45) is 0 Å². The fraction of sp³-hybridized carbons (Fsp3) is 0.355. The summed E-state index contributed by atoms with van der Waals surface area (Å²) in [5, 5.41) is 0. The zero-order chi connectivity index (χ0) is 27.2. The molecule has 1 aromatic heterocycles. The minimum atomic E-state index is -0.374. The first-order valence-electron chi connectivity index (χ1n) is 12.7. The van der Waals surface area contributed by atoms with Crippen LogP contribution in [-0.2, 0) is 19.5 Å². The average Bonchev–Trinajstić information content (AvgIpc) is 2.88. The molecule has 6 heteroatoms. The number of aromatic nitrogens is 1. The van der Waals surface area contributed by atoms with Crippen molar-refractivity contribution in [3.63, 3.8) is 0 Å². The Hall–Kier alpha value is -3.51. The summed E-state index contributed by atoms with van der Waals surface area (Å²) in [5.74, 6) is -0.523. The zero-order valence-electron chi connectivity index (χ0n) is 22.4. The first kappa shape index (κ1) is 28.1. The number of rotatable bonds is 11. The molecule has 196 valence electrons. The number of pyridine rings is 1. The lowest BCUT2D eigenvalue weighted by Gasteiger charge is -2.37. The Bertz CT molecular complexity index is 1290. The minimum Gasteiger partial charge on any atom is -0.483 e. The van der Waals surface area contributed by atoms with Gasteiger partial charge in [0.15, 0.2) is 5.75 Å². The normalized spacial score (nSPS) is 18.5. The van der Waals surface area contributed by atoms with E-state index in [0.29, 0.717) is 32.5 Å². The summed E-state index contributed by atoms with van der Waals surface area (Å²) in [5.41, 5.74) is 3.08. The van der Waals surface area contributed by atoms with Crippen LogP contribution in [0.4, 0.5) is 4.39 Å². The Morgan fingerprint density at radius 1 is 1.24 bits per heavy atom. The first-order chi connectivity index (χ1) is 17.7. The lowest BCUT2D eigenvalue weighted by molar-refractivity contribution is -0.843. The third-order valence-electron chi connectivity index (χ3n) is 6.92. The van der Waals surface area contributed by atoms with Gasteiger partial charge in [-0.15, -0.1) is 13.2 Å². The molecule has 1 aliphatic rings. The highest BCUT2D eigenvalue weighted by atomic mass is 19.1. The van der Waals surface area contributed by atoms with E-state index in [1.54, 1.807) is 18.2 Å². The number of benzene rings is 1. The summed E-state index contributed by atoms with van der Waals surface area (Å²) in [6.07, 6.45) is 10.6. The highest BCUT2D eigenvalue weighted by Crippen LogP contribution is 2.33. The predicted octanol–water partition coefficient (Wildman–Crippen LogP) is 6.10. The van der Waals surface area contributed by atoms with E-state index in [1.807, 2.05) is 52.1 Å². The molecule has 0 radical (unpaired) electrons. The van der Waals surface area contributed by atoms with Gasteiger partial charge < -0.3 is 9.30 Å². The molecule has 0 saturated heterocycles. The van der Waals surface area contributed by atoms with Gasteiger partial charge in [0.25, 0.3) is 0 Å². The fourth-order valence-electron chi connectivity index (χ4n) is 4.79. The maximum atomic E-state index is 14.0. The third-order valence-corrected chi connectivity index (χ3v) is 6.92. The lowest BCUT2D eigenvalue weighted by atomic mass is 9.95. The van der Waals surface area contributed by atoms with Crippen LogP contribution in [0.1, 0.15) is 60.4 Å². The monoisotopic (exact) mass is 505 g/mol. The molecular weight excluding hydrogens is 467 g/mol. The average molecular weight is 506 g/mol. The topological polar surface area (TPSA) is 48.3 Å². The number of hydrogen-bond donors (Lipinski definition) is 0. The van der Waals surface area contributed by atoms with E-state index in [1.165, 1.54) is 12.1 Å². The summed E-state index contributed by atoms with van der Waals surface area (Å²) in [4.78, 5) is 28.0. The van der Waals surface area contributed by atoms with Crippen molar-refractivity contribution in [3.8, 4) is 5.75 Å². The van der Waals surface area contributed by atoms with E-state index < -0.39 is 0 Å². The number of halogens is 1. The van der Waals surface area contributed by atoms with Crippen LogP contribution in [0.2, 0.25) is 0 Å². The van der Waals surface area contributed by atoms with Gasteiger partial charge in [-0.2, -0.15) is 0 Å². The Balaban J connectivity index is 2.18. The van der Waals surface area contributed by atoms with Crippen LogP contribution in [0.3, 0.4) is 0 Å². The number of amides is 1. The van der Waals surface area contributed by atoms with Crippen molar-refractivity contribution in [1.29, 1.82) is 0 Å². The van der Waals surface area contributed by atoms with Crippen LogP contribution in [0.25, 0.3) is 0 Å². The van der Waals surface area contributed by atoms with E-state index in [0.717, 1.165) is 22.5 Å². The van der Waals surface area contributed by atoms with Crippen LogP contribution in [0.15, 0.2) is 78.2 Å². The molecule has 0 N–H and O–H groups in total. The van der Waals surface area contributed by atoms with Crippen molar-refractivity contribution >= 4 is 5.91 Å². The Morgan fingerprint density at radius 3 is 2.57 bits per heavy atom. The standard InChI is InChI=1S/C31H38FN2O3/c1-7-10-12-22(4)21-37-30-28(23(5)9-3)33(18-11-8-2)26-17-19-34(6,31(36)27(26)29(30)35)20-24-13-15-25(32)16-14-24/h7-10,12-16,23H,2-3,11,17-21H2,1,4-6H3/q+1. The van der Waals surface area contributed by atoms with Gasteiger partial charge in [-0.25, -0.2) is 9.18 Å². The molecule has 0 aliphatic carbocycles. The summed E-state index contributed by atoms with van der Waals surface area (Å²) in [6.45, 7) is 15.4. The Labute approximate surface area is 219 Å². The van der Waals surface area contributed by atoms with Gasteiger partial charge in [0.05, 0.1) is 19.3 Å². The second kappa shape index (κ2) is 12.2.